The van der Waals surface area contributed by atoms with Crippen molar-refractivity contribution in [1.82, 2.24) is 0 Å². The summed E-state index contributed by atoms with van der Waals surface area (Å²) in [5, 5.41) is 18.7. The number of hydrogen-bond acceptors (Lipinski definition) is 4. The highest BCUT2D eigenvalue weighted by atomic mass is 16.5. The molecular formula is C15H14O6. The highest BCUT2D eigenvalue weighted by molar-refractivity contribution is 5.93. The number of carbonyl (C=O) groups is 3. The van der Waals surface area contributed by atoms with Crippen molar-refractivity contribution < 1.29 is 29.3 Å². The molecular weight excluding hydrogens is 276 g/mol. The van der Waals surface area contributed by atoms with Gasteiger partial charge in [0.25, 0.3) is 0 Å². The zero-order valence-electron chi connectivity index (χ0n) is 11.3. The summed E-state index contributed by atoms with van der Waals surface area (Å²) in [4.78, 5) is 34.3. The molecule has 3 aliphatic carbocycles. The van der Waals surface area contributed by atoms with Crippen LogP contribution in [-0.2, 0) is 14.3 Å². The van der Waals surface area contributed by atoms with Gasteiger partial charge in [0.2, 0.25) is 0 Å². The van der Waals surface area contributed by atoms with Gasteiger partial charge in [0.05, 0.1) is 23.5 Å². The zero-order valence-corrected chi connectivity index (χ0v) is 11.3. The van der Waals surface area contributed by atoms with E-state index in [1.807, 2.05) is 0 Å². The molecule has 0 heterocycles. The Kier molecular flexibility index (Phi) is 2.63. The summed E-state index contributed by atoms with van der Waals surface area (Å²) in [6, 6.07) is 6.29. The van der Waals surface area contributed by atoms with Gasteiger partial charge in [0.15, 0.2) is 0 Å². The minimum Gasteiger partial charge on any atom is -0.481 e. The second kappa shape index (κ2) is 4.07. The molecule has 2 N–H and O–H groups in total. The number of carbonyl (C=O) groups excluding carboxylic acids is 1. The molecule has 1 aromatic carbocycles. The molecule has 0 aromatic heterocycles. The van der Waals surface area contributed by atoms with Crippen molar-refractivity contribution in [2.45, 2.75) is 18.8 Å². The molecule has 0 amide bonds. The van der Waals surface area contributed by atoms with Crippen LogP contribution >= 0.6 is 0 Å². The lowest BCUT2D eigenvalue weighted by Gasteiger charge is -2.71. The van der Waals surface area contributed by atoms with Gasteiger partial charge in [0, 0.05) is 5.92 Å². The van der Waals surface area contributed by atoms with Crippen LogP contribution in [-0.4, -0.2) is 35.2 Å². The number of carboxylic acids is 2. The van der Waals surface area contributed by atoms with Crippen LogP contribution in [0.1, 0.15) is 34.7 Å². The minimum absolute atomic E-state index is 0.175. The van der Waals surface area contributed by atoms with E-state index in [-0.39, 0.29) is 12.8 Å². The van der Waals surface area contributed by atoms with E-state index in [1.54, 1.807) is 12.1 Å². The number of carboxylic acid groups (broad SMARTS) is 2. The Morgan fingerprint density at radius 2 is 1.52 bits per heavy atom. The highest BCUT2D eigenvalue weighted by Crippen LogP contribution is 2.81. The van der Waals surface area contributed by atoms with Crippen molar-refractivity contribution in [3.63, 3.8) is 0 Å². The molecule has 0 spiro atoms. The molecule has 3 fully saturated rings. The Morgan fingerprint density at radius 3 is 1.90 bits per heavy atom. The van der Waals surface area contributed by atoms with E-state index >= 15 is 0 Å². The fourth-order valence-corrected chi connectivity index (χ4v) is 3.87. The Bertz CT molecular complexity index is 613. The van der Waals surface area contributed by atoms with Crippen LogP contribution in [0.4, 0.5) is 0 Å². The number of methoxy groups -OCH3 is 1. The highest BCUT2D eigenvalue weighted by Gasteiger charge is 2.82. The van der Waals surface area contributed by atoms with Gasteiger partial charge in [-0.25, -0.2) is 4.79 Å². The number of aliphatic carboxylic acids is 2. The lowest BCUT2D eigenvalue weighted by atomic mass is 9.28. The molecule has 0 unspecified atom stereocenters. The summed E-state index contributed by atoms with van der Waals surface area (Å²) in [6.45, 7) is 0. The average molecular weight is 290 g/mol. The Labute approximate surface area is 120 Å². The first kappa shape index (κ1) is 13.6. The van der Waals surface area contributed by atoms with Crippen LogP contribution in [0.15, 0.2) is 24.3 Å². The van der Waals surface area contributed by atoms with Crippen molar-refractivity contribution in [2.24, 2.45) is 10.8 Å². The summed E-state index contributed by atoms with van der Waals surface area (Å²) >= 11 is 0. The van der Waals surface area contributed by atoms with Gasteiger partial charge in [-0.05, 0) is 30.5 Å². The van der Waals surface area contributed by atoms with E-state index in [9.17, 15) is 24.6 Å². The van der Waals surface area contributed by atoms with Crippen molar-refractivity contribution in [2.75, 3.05) is 7.11 Å². The van der Waals surface area contributed by atoms with E-state index in [2.05, 4.69) is 4.74 Å². The van der Waals surface area contributed by atoms with Gasteiger partial charge in [-0.3, -0.25) is 9.59 Å². The summed E-state index contributed by atoms with van der Waals surface area (Å²) < 4.78 is 4.60. The molecule has 3 aliphatic rings. The van der Waals surface area contributed by atoms with E-state index in [0.29, 0.717) is 11.1 Å². The van der Waals surface area contributed by atoms with Crippen molar-refractivity contribution in [1.29, 1.82) is 0 Å². The van der Waals surface area contributed by atoms with Gasteiger partial charge < -0.3 is 14.9 Å². The first-order valence-corrected chi connectivity index (χ1v) is 6.52. The Balaban J connectivity index is 1.94. The largest absolute Gasteiger partial charge is 0.481 e. The number of ether oxygens (including phenoxy) is 1. The SMILES string of the molecule is COC(=O)c1ccc(C2C3(C(=O)O)CC2(C(=O)O)C3)cc1. The van der Waals surface area contributed by atoms with Gasteiger partial charge in [-0.15, -0.1) is 0 Å². The van der Waals surface area contributed by atoms with Crippen LogP contribution in [0.5, 0.6) is 0 Å². The molecule has 0 saturated heterocycles. The molecule has 6 heteroatoms. The third-order valence-electron chi connectivity index (χ3n) is 4.88. The number of benzene rings is 1. The maximum atomic E-state index is 11.4. The number of rotatable bonds is 4. The molecule has 110 valence electrons. The lowest BCUT2D eigenvalue weighted by Crippen LogP contribution is -2.74. The summed E-state index contributed by atoms with van der Waals surface area (Å²) in [6.07, 6.45) is 0.349. The minimum atomic E-state index is -0.967. The van der Waals surface area contributed by atoms with Crippen LogP contribution in [0.3, 0.4) is 0 Å². The molecule has 21 heavy (non-hydrogen) atoms. The Morgan fingerprint density at radius 1 is 1.05 bits per heavy atom. The van der Waals surface area contributed by atoms with Crippen LogP contribution < -0.4 is 0 Å². The second-order valence-corrected chi connectivity index (χ2v) is 5.82. The molecule has 0 aliphatic heterocycles. The van der Waals surface area contributed by atoms with Gasteiger partial charge >= 0.3 is 17.9 Å². The van der Waals surface area contributed by atoms with Gasteiger partial charge in [0.1, 0.15) is 0 Å². The molecule has 2 bridgehead atoms. The van der Waals surface area contributed by atoms with Crippen LogP contribution in [0.2, 0.25) is 0 Å². The molecule has 4 rings (SSSR count). The Hall–Kier alpha value is -2.37. The van der Waals surface area contributed by atoms with Gasteiger partial charge in [-0.2, -0.15) is 0 Å². The lowest BCUT2D eigenvalue weighted by molar-refractivity contribution is -0.245. The van der Waals surface area contributed by atoms with Crippen LogP contribution in [0, 0.1) is 10.8 Å². The first-order chi connectivity index (χ1) is 9.87. The van der Waals surface area contributed by atoms with E-state index in [0.717, 1.165) is 0 Å². The molecule has 6 nitrogen and oxygen atoms in total. The maximum absolute atomic E-state index is 11.4. The monoisotopic (exact) mass is 290 g/mol. The maximum Gasteiger partial charge on any atom is 0.337 e. The van der Waals surface area contributed by atoms with Crippen molar-refractivity contribution in [3.05, 3.63) is 35.4 Å². The van der Waals surface area contributed by atoms with E-state index in [1.165, 1.54) is 19.2 Å². The third kappa shape index (κ3) is 1.50. The molecule has 0 atom stereocenters. The number of esters is 1. The predicted molar refractivity (Wildman–Crippen MR) is 69.9 cm³/mol. The van der Waals surface area contributed by atoms with Gasteiger partial charge in [-0.1, -0.05) is 12.1 Å². The molecule has 1 aromatic rings. The first-order valence-electron chi connectivity index (χ1n) is 6.52. The summed E-state index contributed by atoms with van der Waals surface area (Å²) in [5.41, 5.74) is -0.941. The fourth-order valence-electron chi connectivity index (χ4n) is 3.87. The summed E-state index contributed by atoms with van der Waals surface area (Å²) in [7, 11) is 1.27. The van der Waals surface area contributed by atoms with Crippen molar-refractivity contribution in [3.8, 4) is 0 Å². The van der Waals surface area contributed by atoms with Crippen LogP contribution in [0.25, 0.3) is 0 Å². The normalized spacial score (nSPS) is 32.5. The van der Waals surface area contributed by atoms with E-state index in [4.69, 9.17) is 0 Å². The number of hydrogen-bond donors (Lipinski definition) is 2. The fraction of sp³-hybridized carbons (Fsp3) is 0.400. The molecule has 3 saturated carbocycles. The quantitative estimate of drug-likeness (QED) is 0.815. The summed E-state index contributed by atoms with van der Waals surface area (Å²) in [5.74, 6) is -2.92. The zero-order chi connectivity index (χ0) is 15.4. The second-order valence-electron chi connectivity index (χ2n) is 5.82. The average Bonchev–Trinajstić information content (AvgIpc) is 2.35. The topological polar surface area (TPSA) is 101 Å². The standard InChI is InChI=1S/C15H14O6/c1-21-11(16)9-4-2-8(3-5-9)10-14(12(17)18)6-15(10,7-14)13(19)20/h2-5,10H,6-7H2,1H3,(H,17,18)(H,19,20). The third-order valence-corrected chi connectivity index (χ3v) is 4.88. The molecule has 0 radical (unpaired) electrons. The smallest absolute Gasteiger partial charge is 0.337 e. The van der Waals surface area contributed by atoms with E-state index < -0.39 is 34.7 Å². The predicted octanol–water partition coefficient (Wildman–Crippen LogP) is 1.51. The van der Waals surface area contributed by atoms with Crippen molar-refractivity contribution >= 4 is 17.9 Å².